The van der Waals surface area contributed by atoms with E-state index in [1.165, 1.54) is 6.07 Å². The number of hydrogen-bond donors (Lipinski definition) is 2. The highest BCUT2D eigenvalue weighted by Gasteiger charge is 2.55. The van der Waals surface area contributed by atoms with Crippen molar-refractivity contribution in [2.45, 2.75) is 33.7 Å². The zero-order valence-electron chi connectivity index (χ0n) is 17.4. The molecule has 0 radical (unpaired) electrons. The van der Waals surface area contributed by atoms with Crippen molar-refractivity contribution in [2.75, 3.05) is 19.7 Å². The molecule has 2 N–H and O–H groups in total. The van der Waals surface area contributed by atoms with Crippen molar-refractivity contribution in [1.82, 2.24) is 4.31 Å². The molecule has 0 aromatic heterocycles. The maximum absolute atomic E-state index is 14.0. The molecule has 1 fully saturated rings. The smallest absolute Gasteiger partial charge is 0.393 e. The molecule has 1 aliphatic rings. The highest BCUT2D eigenvalue weighted by Crippen LogP contribution is 2.37. The van der Waals surface area contributed by atoms with Crippen LogP contribution in [0.1, 0.15) is 16.7 Å². The van der Waals surface area contributed by atoms with E-state index in [-0.39, 0.29) is 5.56 Å². The van der Waals surface area contributed by atoms with E-state index in [1.54, 1.807) is 0 Å². The SMILES string of the molecule is Cc1cc(C(F)(F)F)ccc1S(=O)(=O)N1C[C@H](S(=O)(=O)c2ccc(C#N)c(F)c2)[C@](O)(CO)C1. The van der Waals surface area contributed by atoms with Gasteiger partial charge in [0.15, 0.2) is 9.84 Å². The summed E-state index contributed by atoms with van der Waals surface area (Å²) in [6.45, 7) is -1.78. The minimum absolute atomic E-state index is 0.261. The van der Waals surface area contributed by atoms with Gasteiger partial charge in [-0.15, -0.1) is 0 Å². The average molecular weight is 522 g/mol. The standard InChI is InChI=1S/C20H18F4N2O6S2/c1-12-6-14(20(22,23)24)3-5-17(12)34(31,32)26-9-18(19(28,10-26)11-27)33(29,30)15-4-2-13(8-25)16(21)7-15/h2-7,18,27-28H,9-11H2,1H3/t18-,19+/m0/s1. The molecule has 0 saturated carbocycles. The summed E-state index contributed by atoms with van der Waals surface area (Å²) in [5.41, 5.74) is -4.27. The second-order valence-corrected chi connectivity index (χ2v) is 11.9. The third-order valence-corrected chi connectivity index (χ3v) is 9.80. The fraction of sp³-hybridized carbons (Fsp3) is 0.350. The van der Waals surface area contributed by atoms with Gasteiger partial charge in [0.05, 0.1) is 27.5 Å². The number of aliphatic hydroxyl groups is 2. The summed E-state index contributed by atoms with van der Waals surface area (Å²) in [6, 6.07) is 5.77. The van der Waals surface area contributed by atoms with Gasteiger partial charge >= 0.3 is 6.18 Å². The first kappa shape index (κ1) is 26.0. The summed E-state index contributed by atoms with van der Waals surface area (Å²) >= 11 is 0. The fourth-order valence-corrected chi connectivity index (χ4v) is 7.50. The molecule has 0 amide bonds. The zero-order chi connectivity index (χ0) is 25.7. The molecule has 184 valence electrons. The molecule has 1 saturated heterocycles. The van der Waals surface area contributed by atoms with Gasteiger partial charge in [-0.3, -0.25) is 0 Å². The third kappa shape index (κ3) is 4.41. The lowest BCUT2D eigenvalue weighted by molar-refractivity contribution is -0.137. The first-order chi connectivity index (χ1) is 15.6. The Morgan fingerprint density at radius 3 is 2.32 bits per heavy atom. The van der Waals surface area contributed by atoms with Crippen molar-refractivity contribution in [1.29, 1.82) is 5.26 Å². The normalized spacial score (nSPS) is 22.0. The summed E-state index contributed by atoms with van der Waals surface area (Å²) in [7, 11) is -9.23. The van der Waals surface area contributed by atoms with Crippen LogP contribution in [-0.2, 0) is 26.0 Å². The number of benzene rings is 2. The van der Waals surface area contributed by atoms with Gasteiger partial charge in [0, 0.05) is 13.1 Å². The number of aryl methyl sites for hydroxylation is 1. The van der Waals surface area contributed by atoms with Gasteiger partial charge in [0.2, 0.25) is 10.0 Å². The van der Waals surface area contributed by atoms with Crippen LogP contribution in [0.4, 0.5) is 17.6 Å². The predicted molar refractivity (Wildman–Crippen MR) is 109 cm³/mol. The Hall–Kier alpha value is -2.57. The second-order valence-electron chi connectivity index (χ2n) is 7.82. The van der Waals surface area contributed by atoms with Crippen molar-refractivity contribution >= 4 is 19.9 Å². The van der Waals surface area contributed by atoms with E-state index in [0.29, 0.717) is 22.5 Å². The van der Waals surface area contributed by atoms with Crippen LogP contribution in [0.3, 0.4) is 0 Å². The highest BCUT2D eigenvalue weighted by molar-refractivity contribution is 7.92. The van der Waals surface area contributed by atoms with E-state index >= 15 is 0 Å². The number of nitrogens with zero attached hydrogens (tertiary/aromatic N) is 2. The third-order valence-electron chi connectivity index (χ3n) is 5.58. The van der Waals surface area contributed by atoms with Gasteiger partial charge in [0.25, 0.3) is 0 Å². The maximum Gasteiger partial charge on any atom is 0.416 e. The molecule has 8 nitrogen and oxygen atoms in total. The molecule has 0 aliphatic carbocycles. The zero-order valence-corrected chi connectivity index (χ0v) is 19.0. The number of halogens is 4. The molecule has 14 heteroatoms. The van der Waals surface area contributed by atoms with Crippen molar-refractivity contribution in [2.24, 2.45) is 0 Å². The quantitative estimate of drug-likeness (QED) is 0.570. The van der Waals surface area contributed by atoms with Crippen LogP contribution in [0, 0.1) is 24.1 Å². The first-order valence-corrected chi connectivity index (χ1v) is 12.5. The molecule has 0 spiro atoms. The van der Waals surface area contributed by atoms with Crippen LogP contribution >= 0.6 is 0 Å². The summed E-state index contributed by atoms with van der Waals surface area (Å²) in [5, 5.41) is 27.4. The molecule has 2 aromatic rings. The van der Waals surface area contributed by atoms with Gasteiger partial charge in [-0.25, -0.2) is 21.2 Å². The molecule has 34 heavy (non-hydrogen) atoms. The molecular weight excluding hydrogens is 504 g/mol. The highest BCUT2D eigenvalue weighted by atomic mass is 32.2. The Kier molecular flexibility index (Phi) is 6.57. The van der Waals surface area contributed by atoms with E-state index < -0.39 is 83.3 Å². The summed E-state index contributed by atoms with van der Waals surface area (Å²) in [4.78, 5) is -1.19. The number of aliphatic hydroxyl groups excluding tert-OH is 1. The van der Waals surface area contributed by atoms with Crippen LogP contribution < -0.4 is 0 Å². The molecule has 0 unspecified atom stereocenters. The largest absolute Gasteiger partial charge is 0.416 e. The maximum atomic E-state index is 14.0. The Bertz CT molecular complexity index is 1390. The number of nitriles is 1. The summed E-state index contributed by atoms with van der Waals surface area (Å²) in [5.74, 6) is -1.15. The van der Waals surface area contributed by atoms with Crippen LogP contribution in [-0.4, -0.2) is 61.9 Å². The van der Waals surface area contributed by atoms with E-state index in [4.69, 9.17) is 5.26 Å². The van der Waals surface area contributed by atoms with Crippen LogP contribution in [0.15, 0.2) is 46.2 Å². The van der Waals surface area contributed by atoms with Crippen LogP contribution in [0.25, 0.3) is 0 Å². The molecule has 1 aliphatic heterocycles. The summed E-state index contributed by atoms with van der Waals surface area (Å²) < 4.78 is 106. The van der Waals surface area contributed by atoms with Gasteiger partial charge in [-0.2, -0.15) is 22.7 Å². The van der Waals surface area contributed by atoms with Gasteiger partial charge in [0.1, 0.15) is 22.7 Å². The number of sulfone groups is 1. The lowest BCUT2D eigenvalue weighted by Crippen LogP contribution is -2.49. The molecule has 1 heterocycles. The Balaban J connectivity index is 2.03. The average Bonchev–Trinajstić information content (AvgIpc) is 3.12. The second kappa shape index (κ2) is 8.58. The number of alkyl halides is 3. The van der Waals surface area contributed by atoms with E-state index in [9.17, 15) is 44.6 Å². The molecule has 0 bridgehead atoms. The van der Waals surface area contributed by atoms with Crippen LogP contribution in [0.2, 0.25) is 0 Å². The van der Waals surface area contributed by atoms with Crippen molar-refractivity contribution in [3.05, 3.63) is 58.9 Å². The van der Waals surface area contributed by atoms with Crippen LogP contribution in [0.5, 0.6) is 0 Å². The Morgan fingerprint density at radius 1 is 1.18 bits per heavy atom. The Labute approximate surface area is 192 Å². The number of sulfonamides is 1. The first-order valence-electron chi connectivity index (χ1n) is 9.53. The Morgan fingerprint density at radius 2 is 1.82 bits per heavy atom. The van der Waals surface area contributed by atoms with E-state index in [0.717, 1.165) is 25.1 Å². The van der Waals surface area contributed by atoms with Crippen molar-refractivity contribution < 1.29 is 44.6 Å². The lowest BCUT2D eigenvalue weighted by Gasteiger charge is -2.26. The van der Waals surface area contributed by atoms with Crippen molar-refractivity contribution in [3.8, 4) is 6.07 Å². The predicted octanol–water partition coefficient (Wildman–Crippen LogP) is 1.59. The summed E-state index contributed by atoms with van der Waals surface area (Å²) in [6.07, 6.45) is -4.71. The number of rotatable bonds is 5. The van der Waals surface area contributed by atoms with Gasteiger partial charge in [-0.05, 0) is 48.9 Å². The molecule has 2 atom stereocenters. The fourth-order valence-electron chi connectivity index (χ4n) is 3.73. The number of β-amino-alcohol motifs (C(OH)–C–C–N with tert-alkyl or cyclic N) is 1. The van der Waals surface area contributed by atoms with E-state index in [2.05, 4.69) is 0 Å². The van der Waals surface area contributed by atoms with Crippen molar-refractivity contribution in [3.63, 3.8) is 0 Å². The molecular formula is C20H18F4N2O6S2. The number of hydrogen-bond acceptors (Lipinski definition) is 7. The molecule has 3 rings (SSSR count). The van der Waals surface area contributed by atoms with E-state index in [1.807, 2.05) is 0 Å². The minimum Gasteiger partial charge on any atom is -0.393 e. The minimum atomic E-state index is -4.71. The molecule has 2 aromatic carbocycles. The topological polar surface area (TPSA) is 136 Å². The van der Waals surface area contributed by atoms with Gasteiger partial charge < -0.3 is 10.2 Å². The monoisotopic (exact) mass is 522 g/mol. The lowest BCUT2D eigenvalue weighted by atomic mass is 10.1. The van der Waals surface area contributed by atoms with Gasteiger partial charge in [-0.1, -0.05) is 0 Å².